The summed E-state index contributed by atoms with van der Waals surface area (Å²) in [5, 5.41) is 0. The lowest BCUT2D eigenvalue weighted by Crippen LogP contribution is -2.35. The highest BCUT2D eigenvalue weighted by Gasteiger charge is 2.39. The van der Waals surface area contributed by atoms with Crippen LogP contribution < -0.4 is 9.80 Å². The lowest BCUT2D eigenvalue weighted by atomic mass is 10.0. The van der Waals surface area contributed by atoms with Gasteiger partial charge in [0.25, 0.3) is 0 Å². The first-order valence-corrected chi connectivity index (χ1v) is 10.7. The van der Waals surface area contributed by atoms with Crippen molar-refractivity contribution >= 4 is 22.7 Å². The van der Waals surface area contributed by atoms with Gasteiger partial charge in [0, 0.05) is 16.9 Å². The molecule has 1 aliphatic carbocycles. The van der Waals surface area contributed by atoms with Crippen LogP contribution in [0.15, 0.2) is 91.0 Å². The van der Waals surface area contributed by atoms with Crippen molar-refractivity contribution in [3.05, 3.63) is 108 Å². The number of aryl methyl sites for hydroxylation is 1. The quantitative estimate of drug-likeness (QED) is 0.296. The van der Waals surface area contributed by atoms with Crippen LogP contribution in [0.4, 0.5) is 22.7 Å². The number of nitrogens with zero attached hydrogens (tertiary/aromatic N) is 2. The molecule has 0 N–H and O–H groups in total. The maximum absolute atomic E-state index is 2.54. The predicted molar refractivity (Wildman–Crippen MR) is 133 cm³/mol. The van der Waals surface area contributed by atoms with Crippen LogP contribution in [0.3, 0.4) is 0 Å². The minimum Gasteiger partial charge on any atom is -0.319 e. The van der Waals surface area contributed by atoms with E-state index in [4.69, 9.17) is 0 Å². The first-order valence-electron chi connectivity index (χ1n) is 10.7. The van der Waals surface area contributed by atoms with E-state index in [1.807, 2.05) is 0 Å². The lowest BCUT2D eigenvalue weighted by molar-refractivity contribution is 0.760. The summed E-state index contributed by atoms with van der Waals surface area (Å²) in [5.74, 6) is 0. The normalized spacial score (nSPS) is 15.9. The third kappa shape index (κ3) is 2.79. The topological polar surface area (TPSA) is 6.48 Å². The Bertz CT molecular complexity index is 1260. The number of hydrogen-bond donors (Lipinski definition) is 0. The summed E-state index contributed by atoms with van der Waals surface area (Å²) >= 11 is 0. The van der Waals surface area contributed by atoms with Gasteiger partial charge in [0.2, 0.25) is 0 Å². The Morgan fingerprint density at radius 1 is 0.677 bits per heavy atom. The summed E-state index contributed by atoms with van der Waals surface area (Å²) in [7, 11) is 0. The van der Waals surface area contributed by atoms with Crippen molar-refractivity contribution in [1.82, 2.24) is 0 Å². The number of rotatable bonds is 2. The number of para-hydroxylation sites is 2. The number of anilines is 4. The molecule has 2 heteroatoms. The highest BCUT2D eigenvalue weighted by Crippen LogP contribution is 2.55. The Hall–Kier alpha value is -3.52. The first kappa shape index (κ1) is 19.4. The molecule has 4 aromatic carbocycles. The third-order valence-electron chi connectivity index (χ3n) is 6.57. The molecule has 0 fully saturated rings. The van der Waals surface area contributed by atoms with E-state index in [0.29, 0.717) is 0 Å². The van der Waals surface area contributed by atoms with Gasteiger partial charge in [0.15, 0.2) is 0 Å². The Labute approximate surface area is 185 Å². The zero-order chi connectivity index (χ0) is 20.2. The zero-order valence-corrected chi connectivity index (χ0v) is 17.3. The monoisotopic (exact) mass is 404 g/mol. The Morgan fingerprint density at radius 3 is 2.19 bits per heavy atom. The van der Waals surface area contributed by atoms with Crippen LogP contribution in [-0.2, 0) is 6.42 Å². The molecular formula is C29H28N2. The van der Waals surface area contributed by atoms with Crippen LogP contribution in [0.1, 0.15) is 31.0 Å². The van der Waals surface area contributed by atoms with Crippen molar-refractivity contribution in [3.63, 3.8) is 0 Å². The fraction of sp³-hybridized carbons (Fsp3) is 0.172. The van der Waals surface area contributed by atoms with E-state index in [9.17, 15) is 0 Å². The van der Waals surface area contributed by atoms with E-state index < -0.39 is 0 Å². The van der Waals surface area contributed by atoms with Crippen molar-refractivity contribution in [1.29, 1.82) is 0 Å². The molecule has 1 aliphatic heterocycles. The predicted octanol–water partition coefficient (Wildman–Crippen LogP) is 7.84. The largest absolute Gasteiger partial charge is 0.319 e. The molecule has 2 nitrogen and oxygen atoms in total. The van der Waals surface area contributed by atoms with Gasteiger partial charge in [-0.1, -0.05) is 74.2 Å². The van der Waals surface area contributed by atoms with Crippen molar-refractivity contribution in [2.45, 2.75) is 33.9 Å². The van der Waals surface area contributed by atoms with Gasteiger partial charge in [-0.25, -0.2) is 0 Å². The standard InChI is InChI=1S/C28H24N2.CH4/c1-19-10-6-9-15-25(19)30-20(2)29(23-12-4-3-5-13-23)26-17-16-22-18-21-11-7-8-14-24(21)27(22)28(26)30;/h3-17,20H,18H2,1-2H3;1H4/t20-;/m0./s1. The van der Waals surface area contributed by atoms with Crippen molar-refractivity contribution in [2.24, 2.45) is 0 Å². The molecule has 0 amide bonds. The SMILES string of the molecule is C.Cc1ccccc1N1c2c(ccc3c2-c2ccccc2C3)N(c2ccccc2)[C@@H]1C. The van der Waals surface area contributed by atoms with E-state index in [0.717, 1.165) is 6.42 Å². The van der Waals surface area contributed by atoms with Crippen molar-refractivity contribution in [2.75, 3.05) is 9.80 Å². The molecule has 31 heavy (non-hydrogen) atoms. The van der Waals surface area contributed by atoms with Gasteiger partial charge in [-0.15, -0.1) is 0 Å². The smallest absolute Gasteiger partial charge is 0.108 e. The summed E-state index contributed by atoms with van der Waals surface area (Å²) < 4.78 is 0. The van der Waals surface area contributed by atoms with E-state index >= 15 is 0 Å². The number of benzene rings is 4. The second kappa shape index (κ2) is 7.31. The van der Waals surface area contributed by atoms with Crippen LogP contribution in [-0.4, -0.2) is 6.17 Å². The van der Waals surface area contributed by atoms with Gasteiger partial charge in [-0.05, 0) is 66.8 Å². The summed E-state index contributed by atoms with van der Waals surface area (Å²) in [6, 6.07) is 33.0. The summed E-state index contributed by atoms with van der Waals surface area (Å²) in [5.41, 5.74) is 12.1. The summed E-state index contributed by atoms with van der Waals surface area (Å²) in [4.78, 5) is 5.02. The van der Waals surface area contributed by atoms with E-state index in [1.54, 1.807) is 0 Å². The van der Waals surface area contributed by atoms with Crippen LogP contribution in [0.2, 0.25) is 0 Å². The fourth-order valence-electron chi connectivity index (χ4n) is 5.23. The second-order valence-corrected chi connectivity index (χ2v) is 8.30. The molecule has 0 saturated heterocycles. The highest BCUT2D eigenvalue weighted by molar-refractivity contribution is 6.01. The fourth-order valence-corrected chi connectivity index (χ4v) is 5.23. The molecule has 154 valence electrons. The summed E-state index contributed by atoms with van der Waals surface area (Å²) in [6.07, 6.45) is 1.20. The van der Waals surface area contributed by atoms with Gasteiger partial charge in [0.1, 0.15) is 6.17 Å². The van der Waals surface area contributed by atoms with Gasteiger partial charge < -0.3 is 9.80 Å². The molecule has 1 heterocycles. The van der Waals surface area contributed by atoms with E-state index in [1.165, 1.54) is 50.6 Å². The minimum atomic E-state index is 0. The van der Waals surface area contributed by atoms with Crippen LogP contribution in [0.5, 0.6) is 0 Å². The van der Waals surface area contributed by atoms with Crippen molar-refractivity contribution < 1.29 is 0 Å². The van der Waals surface area contributed by atoms with Crippen LogP contribution in [0, 0.1) is 6.92 Å². The molecule has 0 spiro atoms. The van der Waals surface area contributed by atoms with Crippen molar-refractivity contribution in [3.8, 4) is 11.1 Å². The Kier molecular flexibility index (Phi) is 4.59. The molecule has 4 aromatic rings. The molecule has 1 atom stereocenters. The zero-order valence-electron chi connectivity index (χ0n) is 17.3. The molecule has 0 bridgehead atoms. The molecule has 0 radical (unpaired) electrons. The van der Waals surface area contributed by atoms with Crippen LogP contribution >= 0.6 is 0 Å². The molecule has 6 rings (SSSR count). The van der Waals surface area contributed by atoms with Gasteiger partial charge in [0.05, 0.1) is 11.4 Å². The first-order chi connectivity index (χ1) is 14.7. The van der Waals surface area contributed by atoms with E-state index in [-0.39, 0.29) is 13.6 Å². The maximum Gasteiger partial charge on any atom is 0.108 e. The second-order valence-electron chi connectivity index (χ2n) is 8.30. The Morgan fingerprint density at radius 2 is 1.39 bits per heavy atom. The average molecular weight is 405 g/mol. The van der Waals surface area contributed by atoms with Gasteiger partial charge >= 0.3 is 0 Å². The van der Waals surface area contributed by atoms with Crippen LogP contribution in [0.25, 0.3) is 11.1 Å². The summed E-state index contributed by atoms with van der Waals surface area (Å²) in [6.45, 7) is 4.52. The third-order valence-corrected chi connectivity index (χ3v) is 6.57. The number of hydrogen-bond acceptors (Lipinski definition) is 2. The average Bonchev–Trinajstić information content (AvgIpc) is 3.29. The van der Waals surface area contributed by atoms with Gasteiger partial charge in [-0.2, -0.15) is 0 Å². The van der Waals surface area contributed by atoms with Gasteiger partial charge in [-0.3, -0.25) is 0 Å². The lowest BCUT2D eigenvalue weighted by Gasteiger charge is -2.31. The molecular weight excluding hydrogens is 376 g/mol. The van der Waals surface area contributed by atoms with E-state index in [2.05, 4.69) is 115 Å². The minimum absolute atomic E-state index is 0. The Balaban J connectivity index is 0.00000204. The molecule has 0 aromatic heterocycles. The highest BCUT2D eigenvalue weighted by atomic mass is 15.4. The molecule has 0 saturated carbocycles. The maximum atomic E-state index is 2.54. The number of fused-ring (bicyclic) bond motifs is 5. The molecule has 2 aliphatic rings. The molecule has 0 unspecified atom stereocenters.